The van der Waals surface area contributed by atoms with E-state index in [2.05, 4.69) is 71.8 Å². The van der Waals surface area contributed by atoms with Crippen LogP contribution in [0.25, 0.3) is 0 Å². The molecule has 1 atom stereocenters. The van der Waals surface area contributed by atoms with E-state index in [1.165, 1.54) is 29.8 Å². The lowest BCUT2D eigenvalue weighted by molar-refractivity contribution is 0.176. The second-order valence-corrected chi connectivity index (χ2v) is 10.4. The van der Waals surface area contributed by atoms with Gasteiger partial charge in [-0.25, -0.2) is 0 Å². The van der Waals surface area contributed by atoms with Crippen molar-refractivity contribution in [3.63, 3.8) is 0 Å². The summed E-state index contributed by atoms with van der Waals surface area (Å²) < 4.78 is 1.94. The lowest BCUT2D eigenvalue weighted by atomic mass is 10.0. The molecule has 1 aliphatic rings. The van der Waals surface area contributed by atoms with Crippen LogP contribution in [0.5, 0.6) is 0 Å². The number of hydrogen-bond acceptors (Lipinski definition) is 4. The molecule has 1 aliphatic carbocycles. The zero-order valence-corrected chi connectivity index (χ0v) is 23.4. The van der Waals surface area contributed by atoms with Gasteiger partial charge in [-0.2, -0.15) is 0 Å². The molecule has 0 spiro atoms. The van der Waals surface area contributed by atoms with Crippen molar-refractivity contribution in [3.8, 4) is 0 Å². The van der Waals surface area contributed by atoms with Crippen LogP contribution in [0.1, 0.15) is 62.8 Å². The number of anilines is 1. The average molecular weight is 513 g/mol. The largest absolute Gasteiger partial charge is 0.359 e. The maximum Gasteiger partial charge on any atom is 0.251 e. The van der Waals surface area contributed by atoms with Crippen LogP contribution < -0.4 is 16.2 Å². The first-order valence-electron chi connectivity index (χ1n) is 14.3. The van der Waals surface area contributed by atoms with Crippen molar-refractivity contribution < 1.29 is 0 Å². The second kappa shape index (κ2) is 14.1. The molecule has 2 aromatic carbocycles. The Kier molecular flexibility index (Phi) is 10.4. The number of pyridine rings is 1. The molecule has 0 amide bonds. The summed E-state index contributed by atoms with van der Waals surface area (Å²) in [4.78, 5) is 15.4. The van der Waals surface area contributed by atoms with Crippen molar-refractivity contribution >= 4 is 5.69 Å². The molecule has 1 heterocycles. The third-order valence-electron chi connectivity index (χ3n) is 7.46. The highest BCUT2D eigenvalue weighted by atomic mass is 16.1. The van der Waals surface area contributed by atoms with Gasteiger partial charge in [0.15, 0.2) is 0 Å². The minimum Gasteiger partial charge on any atom is -0.359 e. The Balaban J connectivity index is 1.46. The fraction of sp³-hybridized carbons (Fsp3) is 0.424. The van der Waals surface area contributed by atoms with Crippen molar-refractivity contribution in [2.45, 2.75) is 71.5 Å². The predicted octanol–water partition coefficient (Wildman–Crippen LogP) is 6.20. The van der Waals surface area contributed by atoms with E-state index in [9.17, 15) is 4.79 Å². The molecule has 38 heavy (non-hydrogen) atoms. The van der Waals surface area contributed by atoms with Gasteiger partial charge in [-0.15, -0.1) is 0 Å². The Morgan fingerprint density at radius 3 is 2.37 bits per heavy atom. The summed E-state index contributed by atoms with van der Waals surface area (Å²) >= 11 is 0. The van der Waals surface area contributed by atoms with E-state index in [-0.39, 0.29) is 5.56 Å². The lowest BCUT2D eigenvalue weighted by Gasteiger charge is -2.32. The van der Waals surface area contributed by atoms with Crippen molar-refractivity contribution in [2.75, 3.05) is 25.5 Å². The maximum absolute atomic E-state index is 12.9. The topological polar surface area (TPSA) is 49.3 Å². The zero-order valence-electron chi connectivity index (χ0n) is 23.4. The van der Waals surface area contributed by atoms with Gasteiger partial charge in [0.05, 0.1) is 6.54 Å². The van der Waals surface area contributed by atoms with E-state index in [1.807, 2.05) is 35.9 Å². The lowest BCUT2D eigenvalue weighted by Crippen LogP contribution is -2.38. The van der Waals surface area contributed by atoms with Gasteiger partial charge in [-0.1, -0.05) is 68.0 Å². The van der Waals surface area contributed by atoms with Crippen LogP contribution in [0.3, 0.4) is 0 Å². The first-order chi connectivity index (χ1) is 18.6. The maximum atomic E-state index is 12.9. The van der Waals surface area contributed by atoms with Crippen molar-refractivity contribution in [1.82, 2.24) is 14.8 Å². The average Bonchev–Trinajstić information content (AvgIpc) is 3.78. The number of hydrogen-bond donors (Lipinski definition) is 2. The summed E-state index contributed by atoms with van der Waals surface area (Å²) in [5.41, 5.74) is 7.77. The van der Waals surface area contributed by atoms with Crippen molar-refractivity contribution in [3.05, 3.63) is 111 Å². The first kappa shape index (κ1) is 27.9. The van der Waals surface area contributed by atoms with Gasteiger partial charge in [0.1, 0.15) is 0 Å². The van der Waals surface area contributed by atoms with Crippen molar-refractivity contribution in [1.29, 1.82) is 0 Å². The molecule has 0 bridgehead atoms. The Morgan fingerprint density at radius 2 is 1.71 bits per heavy atom. The smallest absolute Gasteiger partial charge is 0.251 e. The fourth-order valence-corrected chi connectivity index (χ4v) is 5.18. The number of benzene rings is 2. The normalized spacial score (nSPS) is 13.5. The standard InChI is InChI=1S/C33H44N4O/c1-4-22-36(25-31-12-9-13-33(38)37(31)24-27-10-7-6-8-11-27)30(5-2)23-26-14-18-29(19-15-26)35-32(20-21-34-3)28-16-17-28/h6-15,18-19,30,34-35H,4-5,16-17,20-25H2,1-3H3. The van der Waals surface area contributed by atoms with E-state index in [1.54, 1.807) is 11.6 Å². The highest BCUT2D eigenvalue weighted by molar-refractivity contribution is 5.51. The molecular weight excluding hydrogens is 468 g/mol. The molecule has 4 rings (SSSR count). The van der Waals surface area contributed by atoms with E-state index in [0.29, 0.717) is 12.6 Å². The third kappa shape index (κ3) is 7.92. The minimum atomic E-state index is 0.0641. The van der Waals surface area contributed by atoms with Crippen LogP contribution in [0.15, 0.2) is 88.9 Å². The first-order valence-corrected chi connectivity index (χ1v) is 14.3. The van der Waals surface area contributed by atoms with Crippen LogP contribution in [0.4, 0.5) is 5.69 Å². The number of nitrogens with one attached hydrogen (secondary N) is 2. The summed E-state index contributed by atoms with van der Waals surface area (Å²) in [6, 6.07) is 25.4. The summed E-state index contributed by atoms with van der Waals surface area (Å²) in [5, 5.41) is 6.94. The molecule has 202 valence electrons. The molecule has 3 aromatic rings. The summed E-state index contributed by atoms with van der Waals surface area (Å²) in [7, 11) is 2.01. The van der Waals surface area contributed by atoms with Crippen LogP contribution in [0.2, 0.25) is 0 Å². The van der Waals surface area contributed by atoms with Gasteiger partial charge in [-0.05, 0) is 81.4 Å². The molecule has 1 unspecified atom stereocenters. The molecular formula is C33H44N4O. The van der Waals surface area contributed by atoms with E-state index in [0.717, 1.165) is 56.6 Å². The number of allylic oxidation sites excluding steroid dienone is 1. The van der Waals surface area contributed by atoms with Crippen LogP contribution >= 0.6 is 0 Å². The van der Waals surface area contributed by atoms with Gasteiger partial charge in [0, 0.05) is 42.3 Å². The Morgan fingerprint density at radius 1 is 0.947 bits per heavy atom. The molecule has 0 saturated heterocycles. The number of rotatable bonds is 15. The van der Waals surface area contributed by atoms with E-state index >= 15 is 0 Å². The van der Waals surface area contributed by atoms with Gasteiger partial charge >= 0.3 is 0 Å². The second-order valence-electron chi connectivity index (χ2n) is 10.4. The quantitative estimate of drug-likeness (QED) is 0.255. The van der Waals surface area contributed by atoms with Crippen LogP contribution in [0, 0.1) is 0 Å². The molecule has 0 aliphatic heterocycles. The molecule has 1 fully saturated rings. The molecule has 5 nitrogen and oxygen atoms in total. The van der Waals surface area contributed by atoms with E-state index in [4.69, 9.17) is 0 Å². The highest BCUT2D eigenvalue weighted by Crippen LogP contribution is 2.33. The number of aromatic nitrogens is 1. The van der Waals surface area contributed by atoms with Gasteiger partial charge in [0.25, 0.3) is 5.56 Å². The van der Waals surface area contributed by atoms with Gasteiger partial charge in [-0.3, -0.25) is 9.69 Å². The Hall–Kier alpha value is -3.15. The predicted molar refractivity (Wildman–Crippen MR) is 160 cm³/mol. The third-order valence-corrected chi connectivity index (χ3v) is 7.46. The summed E-state index contributed by atoms with van der Waals surface area (Å²) in [6.45, 7) is 7.90. The highest BCUT2D eigenvalue weighted by Gasteiger charge is 2.20. The zero-order chi connectivity index (χ0) is 26.7. The molecule has 1 saturated carbocycles. The molecule has 1 aromatic heterocycles. The summed E-state index contributed by atoms with van der Waals surface area (Å²) in [6.07, 6.45) is 6.66. The van der Waals surface area contributed by atoms with Gasteiger partial charge < -0.3 is 15.2 Å². The molecule has 5 heteroatoms. The number of nitrogens with zero attached hydrogens (tertiary/aromatic N) is 2. The monoisotopic (exact) mass is 512 g/mol. The van der Waals surface area contributed by atoms with Crippen LogP contribution in [-0.2, 0) is 19.5 Å². The van der Waals surface area contributed by atoms with Gasteiger partial charge in [0.2, 0.25) is 0 Å². The van der Waals surface area contributed by atoms with E-state index < -0.39 is 0 Å². The molecule has 0 radical (unpaired) electrons. The minimum absolute atomic E-state index is 0.0641. The SMILES string of the molecule is CCCN(Cc1cccc(=O)n1Cc1ccccc1)C(CC)Cc1ccc(NC(CCNC)=C2CC2)cc1. The summed E-state index contributed by atoms with van der Waals surface area (Å²) in [5.74, 6) is 0. The van der Waals surface area contributed by atoms with Crippen molar-refractivity contribution in [2.24, 2.45) is 0 Å². The Bertz CT molecular complexity index is 1220. The fourth-order valence-electron chi connectivity index (χ4n) is 5.18. The van der Waals surface area contributed by atoms with Crippen LogP contribution in [-0.4, -0.2) is 35.6 Å². The molecule has 2 N–H and O–H groups in total. The Labute approximate surface area is 228 Å².